The maximum atomic E-state index is 5.97. The molecule has 0 fully saturated rings. The molecule has 1 aromatic heterocycles. The molecule has 2 N–H and O–H groups in total. The summed E-state index contributed by atoms with van der Waals surface area (Å²) in [4.78, 5) is 3.98. The maximum Gasteiger partial charge on any atom is 0.175 e. The molecular formula is C14H14ClN3OS. The van der Waals surface area contributed by atoms with E-state index in [4.69, 9.17) is 28.6 Å². The van der Waals surface area contributed by atoms with Crippen LogP contribution in [0.3, 0.4) is 0 Å². The van der Waals surface area contributed by atoms with Gasteiger partial charge in [-0.25, -0.2) is 4.98 Å². The van der Waals surface area contributed by atoms with Crippen molar-refractivity contribution < 1.29 is 4.74 Å². The lowest BCUT2D eigenvalue weighted by molar-refractivity contribution is 0.417. The number of pyridine rings is 1. The van der Waals surface area contributed by atoms with Gasteiger partial charge in [0.25, 0.3) is 0 Å². The molecule has 0 aliphatic carbocycles. The Morgan fingerprint density at radius 1 is 1.25 bits per heavy atom. The quantitative estimate of drug-likeness (QED) is 0.666. The lowest BCUT2D eigenvalue weighted by Crippen LogP contribution is -2.19. The number of ether oxygens (including phenoxy) is 1. The average Bonchev–Trinajstić information content (AvgIpc) is 2.41. The highest BCUT2D eigenvalue weighted by molar-refractivity contribution is 7.80. The fourth-order valence-electron chi connectivity index (χ4n) is 1.67. The highest BCUT2D eigenvalue weighted by atomic mass is 35.5. The molecule has 4 nitrogen and oxygen atoms in total. The van der Waals surface area contributed by atoms with E-state index >= 15 is 0 Å². The Morgan fingerprint density at radius 3 is 2.70 bits per heavy atom. The fraction of sp³-hybridized carbons (Fsp3) is 0.143. The largest absolute Gasteiger partial charge is 0.495 e. The molecule has 0 aliphatic heterocycles. The maximum absolute atomic E-state index is 5.97. The zero-order chi connectivity index (χ0) is 14.5. The van der Waals surface area contributed by atoms with E-state index in [-0.39, 0.29) is 0 Å². The number of benzene rings is 1. The lowest BCUT2D eigenvalue weighted by Gasteiger charge is -2.14. The summed E-state index contributed by atoms with van der Waals surface area (Å²) in [6.07, 6.45) is 1.62. The summed E-state index contributed by atoms with van der Waals surface area (Å²) in [5.41, 5.74) is 2.55. The number of aromatic nitrogens is 1. The highest BCUT2D eigenvalue weighted by Gasteiger charge is 2.07. The van der Waals surface area contributed by atoms with Crippen molar-refractivity contribution in [3.05, 3.63) is 47.2 Å². The Bertz CT molecular complexity index is 634. The van der Waals surface area contributed by atoms with Gasteiger partial charge in [-0.1, -0.05) is 17.7 Å². The van der Waals surface area contributed by atoms with E-state index in [0.717, 1.165) is 17.0 Å². The number of nitrogens with zero attached hydrogens (tertiary/aromatic N) is 1. The van der Waals surface area contributed by atoms with Crippen LogP contribution in [0, 0.1) is 6.92 Å². The molecule has 2 aromatic rings. The van der Waals surface area contributed by atoms with Gasteiger partial charge < -0.3 is 15.4 Å². The Hall–Kier alpha value is -1.85. The number of thiocarbonyl (C=S) groups is 1. The van der Waals surface area contributed by atoms with Crippen molar-refractivity contribution in [1.29, 1.82) is 0 Å². The molecule has 0 spiro atoms. The van der Waals surface area contributed by atoms with E-state index in [2.05, 4.69) is 15.6 Å². The Balaban J connectivity index is 2.12. The summed E-state index contributed by atoms with van der Waals surface area (Å²) in [5.74, 6) is 0.719. The SMILES string of the molecule is COc1ccc(C)cc1NC(=S)Nc1cccnc1Cl. The van der Waals surface area contributed by atoms with E-state index in [0.29, 0.717) is 16.0 Å². The van der Waals surface area contributed by atoms with Gasteiger partial charge in [0.1, 0.15) is 5.75 Å². The van der Waals surface area contributed by atoms with E-state index < -0.39 is 0 Å². The van der Waals surface area contributed by atoms with Crippen LogP contribution in [0.1, 0.15) is 5.56 Å². The fourth-order valence-corrected chi connectivity index (χ4v) is 2.06. The number of rotatable bonds is 3. The zero-order valence-corrected chi connectivity index (χ0v) is 12.7. The number of aryl methyl sites for hydroxylation is 1. The first-order chi connectivity index (χ1) is 9.60. The van der Waals surface area contributed by atoms with Crippen LogP contribution in [0.4, 0.5) is 11.4 Å². The minimum Gasteiger partial charge on any atom is -0.495 e. The molecule has 1 heterocycles. The minimum atomic E-state index is 0.368. The summed E-state index contributed by atoms with van der Waals surface area (Å²) in [6, 6.07) is 9.40. The van der Waals surface area contributed by atoms with Gasteiger partial charge in [0.05, 0.1) is 18.5 Å². The van der Waals surface area contributed by atoms with Crippen LogP contribution in [0.15, 0.2) is 36.5 Å². The molecule has 0 aliphatic rings. The first-order valence-electron chi connectivity index (χ1n) is 5.93. The van der Waals surface area contributed by atoms with Crippen LogP contribution >= 0.6 is 23.8 Å². The standard InChI is InChI=1S/C14H14ClN3OS/c1-9-5-6-12(19-2)11(8-9)18-14(20)17-10-4-3-7-16-13(10)15/h3-8H,1-2H3,(H2,17,18,20). The smallest absolute Gasteiger partial charge is 0.175 e. The molecule has 0 saturated heterocycles. The van der Waals surface area contributed by atoms with Crippen LogP contribution < -0.4 is 15.4 Å². The predicted octanol–water partition coefficient (Wildman–Crippen LogP) is 3.86. The predicted molar refractivity (Wildman–Crippen MR) is 86.8 cm³/mol. The van der Waals surface area contributed by atoms with Gasteiger partial charge >= 0.3 is 0 Å². The number of hydrogen-bond donors (Lipinski definition) is 2. The molecule has 104 valence electrons. The summed E-state index contributed by atoms with van der Waals surface area (Å²) in [5, 5.41) is 6.88. The third-order valence-corrected chi connectivity index (χ3v) is 3.12. The third kappa shape index (κ3) is 3.59. The second kappa shape index (κ2) is 6.54. The topological polar surface area (TPSA) is 46.2 Å². The summed E-state index contributed by atoms with van der Waals surface area (Å²) < 4.78 is 5.29. The van der Waals surface area contributed by atoms with Gasteiger partial charge in [0, 0.05) is 6.20 Å². The number of anilines is 2. The summed E-state index contributed by atoms with van der Waals surface area (Å²) >= 11 is 11.2. The van der Waals surface area contributed by atoms with Crippen molar-refractivity contribution in [3.8, 4) is 5.75 Å². The molecule has 0 radical (unpaired) electrons. The van der Waals surface area contributed by atoms with Crippen molar-refractivity contribution >= 4 is 40.3 Å². The lowest BCUT2D eigenvalue weighted by atomic mass is 10.2. The van der Waals surface area contributed by atoms with Crippen LogP contribution in [0.5, 0.6) is 5.75 Å². The first-order valence-corrected chi connectivity index (χ1v) is 6.72. The Labute approximate surface area is 128 Å². The normalized spacial score (nSPS) is 9.95. The first kappa shape index (κ1) is 14.6. The number of hydrogen-bond acceptors (Lipinski definition) is 3. The Morgan fingerprint density at radius 2 is 2.00 bits per heavy atom. The van der Waals surface area contributed by atoms with Crippen molar-refractivity contribution in [2.45, 2.75) is 6.92 Å². The minimum absolute atomic E-state index is 0.368. The van der Waals surface area contributed by atoms with Crippen molar-refractivity contribution in [1.82, 2.24) is 4.98 Å². The van der Waals surface area contributed by atoms with E-state index in [1.54, 1.807) is 25.4 Å². The van der Waals surface area contributed by atoms with Gasteiger partial charge in [0.15, 0.2) is 10.3 Å². The van der Waals surface area contributed by atoms with E-state index in [1.807, 2.05) is 25.1 Å². The number of methoxy groups -OCH3 is 1. The van der Waals surface area contributed by atoms with Crippen molar-refractivity contribution in [3.63, 3.8) is 0 Å². The van der Waals surface area contributed by atoms with Gasteiger partial charge in [-0.3, -0.25) is 0 Å². The van der Waals surface area contributed by atoms with E-state index in [9.17, 15) is 0 Å². The number of nitrogens with one attached hydrogen (secondary N) is 2. The van der Waals surface area contributed by atoms with Crippen LogP contribution in [0.2, 0.25) is 5.15 Å². The molecule has 0 saturated carbocycles. The molecule has 0 amide bonds. The molecule has 0 unspecified atom stereocenters. The third-order valence-electron chi connectivity index (χ3n) is 2.61. The van der Waals surface area contributed by atoms with Gasteiger partial charge in [-0.2, -0.15) is 0 Å². The monoisotopic (exact) mass is 307 g/mol. The van der Waals surface area contributed by atoms with E-state index in [1.165, 1.54) is 0 Å². The van der Waals surface area contributed by atoms with Crippen LogP contribution in [-0.4, -0.2) is 17.2 Å². The second-order valence-corrected chi connectivity index (χ2v) is 4.89. The van der Waals surface area contributed by atoms with Crippen molar-refractivity contribution in [2.75, 3.05) is 17.7 Å². The average molecular weight is 308 g/mol. The molecule has 0 bridgehead atoms. The summed E-state index contributed by atoms with van der Waals surface area (Å²) in [7, 11) is 1.62. The molecular weight excluding hydrogens is 294 g/mol. The molecule has 2 rings (SSSR count). The van der Waals surface area contributed by atoms with Gasteiger partial charge in [-0.15, -0.1) is 0 Å². The van der Waals surface area contributed by atoms with Crippen LogP contribution in [-0.2, 0) is 0 Å². The molecule has 0 atom stereocenters. The zero-order valence-electron chi connectivity index (χ0n) is 11.1. The molecule has 6 heteroatoms. The highest BCUT2D eigenvalue weighted by Crippen LogP contribution is 2.25. The van der Waals surface area contributed by atoms with Gasteiger partial charge in [-0.05, 0) is 49.0 Å². The summed E-state index contributed by atoms with van der Waals surface area (Å²) in [6.45, 7) is 2.00. The van der Waals surface area contributed by atoms with Crippen LogP contribution in [0.25, 0.3) is 0 Å². The molecule has 20 heavy (non-hydrogen) atoms. The molecule has 1 aromatic carbocycles. The second-order valence-electron chi connectivity index (χ2n) is 4.12. The van der Waals surface area contributed by atoms with Crippen molar-refractivity contribution in [2.24, 2.45) is 0 Å². The number of halogens is 1. The van der Waals surface area contributed by atoms with Gasteiger partial charge in [0.2, 0.25) is 0 Å². The Kier molecular flexibility index (Phi) is 4.76.